The van der Waals surface area contributed by atoms with Gasteiger partial charge in [-0.3, -0.25) is 4.90 Å². The first kappa shape index (κ1) is 37.8. The third-order valence-corrected chi connectivity index (χ3v) is 8.03. The zero-order valence-corrected chi connectivity index (χ0v) is 26.3. The van der Waals surface area contributed by atoms with Crippen LogP contribution in [0.5, 0.6) is 0 Å². The number of aliphatic hydroxyl groups excluding tert-OH is 2. The fourth-order valence-electron chi connectivity index (χ4n) is 5.41. The van der Waals surface area contributed by atoms with Crippen molar-refractivity contribution < 1.29 is 10.2 Å². The molecule has 0 aromatic rings. The summed E-state index contributed by atoms with van der Waals surface area (Å²) >= 11 is 0. The van der Waals surface area contributed by atoms with Gasteiger partial charge in [0.2, 0.25) is 0 Å². The summed E-state index contributed by atoms with van der Waals surface area (Å²) in [5.41, 5.74) is 5.71. The lowest BCUT2D eigenvalue weighted by molar-refractivity contribution is 0.0565. The predicted octanol–water partition coefficient (Wildman–Crippen LogP) is 7.52. The summed E-state index contributed by atoms with van der Waals surface area (Å²) in [6.07, 6.45) is 27.6. The first-order valence-electron chi connectivity index (χ1n) is 17.0. The van der Waals surface area contributed by atoms with Crippen molar-refractivity contribution in [1.29, 1.82) is 0 Å². The minimum atomic E-state index is -0.298. The van der Waals surface area contributed by atoms with E-state index in [0.717, 1.165) is 45.3 Å². The van der Waals surface area contributed by atoms with Crippen LogP contribution < -0.4 is 5.73 Å². The summed E-state index contributed by atoms with van der Waals surface area (Å²) in [4.78, 5) is 4.53. The molecule has 5 nitrogen and oxygen atoms in total. The van der Waals surface area contributed by atoms with E-state index in [1.807, 2.05) is 0 Å². The van der Waals surface area contributed by atoms with Gasteiger partial charge in [0.1, 0.15) is 0 Å². The molecule has 0 aliphatic heterocycles. The van der Waals surface area contributed by atoms with Crippen LogP contribution in [0.1, 0.15) is 155 Å². The molecule has 0 aromatic carbocycles. The average molecular weight is 542 g/mol. The van der Waals surface area contributed by atoms with Gasteiger partial charge in [-0.25, -0.2) is 0 Å². The quantitative estimate of drug-likeness (QED) is 0.0791. The Bertz CT molecular complexity index is 420. The molecule has 230 valence electrons. The van der Waals surface area contributed by atoms with Gasteiger partial charge in [0.05, 0.1) is 12.2 Å². The lowest BCUT2D eigenvalue weighted by Gasteiger charge is -2.29. The van der Waals surface area contributed by atoms with Crippen LogP contribution in [-0.2, 0) is 0 Å². The Labute approximate surface area is 239 Å². The van der Waals surface area contributed by atoms with Crippen LogP contribution in [0, 0.1) is 0 Å². The van der Waals surface area contributed by atoms with Crippen molar-refractivity contribution in [3.63, 3.8) is 0 Å². The second-order valence-corrected chi connectivity index (χ2v) is 12.1. The number of likely N-dealkylation sites (N-methyl/N-ethyl adjacent to an activating group) is 1. The Kier molecular flexibility index (Phi) is 29.6. The van der Waals surface area contributed by atoms with Crippen LogP contribution in [0.4, 0.5) is 0 Å². The Morgan fingerprint density at radius 3 is 1.18 bits per heavy atom. The molecule has 4 N–H and O–H groups in total. The first-order chi connectivity index (χ1) is 18.5. The second kappa shape index (κ2) is 29.8. The molecule has 38 heavy (non-hydrogen) atoms. The summed E-state index contributed by atoms with van der Waals surface area (Å²) in [5.74, 6) is 0. The highest BCUT2D eigenvalue weighted by atomic mass is 16.3. The molecule has 2 unspecified atom stereocenters. The minimum Gasteiger partial charge on any atom is -0.392 e. The number of unbranched alkanes of at least 4 members (excludes halogenated alkanes) is 18. The van der Waals surface area contributed by atoms with Crippen LogP contribution in [0.2, 0.25) is 0 Å². The molecule has 0 saturated carbocycles. The Morgan fingerprint density at radius 1 is 0.500 bits per heavy atom. The van der Waals surface area contributed by atoms with Crippen LogP contribution >= 0.6 is 0 Å². The molecule has 0 amide bonds. The topological polar surface area (TPSA) is 73.0 Å². The number of nitrogens with zero attached hydrogens (tertiary/aromatic N) is 2. The summed E-state index contributed by atoms with van der Waals surface area (Å²) < 4.78 is 0. The fraction of sp³-hybridized carbons (Fsp3) is 1.00. The number of hydrogen-bond acceptors (Lipinski definition) is 5. The number of rotatable bonds is 31. The summed E-state index contributed by atoms with van der Waals surface area (Å²) in [7, 11) is 2.10. The molecule has 0 saturated heterocycles. The summed E-state index contributed by atoms with van der Waals surface area (Å²) in [6, 6.07) is 0. The largest absolute Gasteiger partial charge is 0.392 e. The molecule has 0 aliphatic carbocycles. The van der Waals surface area contributed by atoms with Gasteiger partial charge in [0.25, 0.3) is 0 Å². The van der Waals surface area contributed by atoms with Gasteiger partial charge in [0.15, 0.2) is 0 Å². The molecule has 0 fully saturated rings. The molecule has 5 heteroatoms. The molecular formula is C33H71N3O2. The molecule has 0 spiro atoms. The molecule has 0 radical (unpaired) electrons. The number of nitrogens with two attached hydrogens (primary N) is 1. The average Bonchev–Trinajstić information content (AvgIpc) is 2.89. The van der Waals surface area contributed by atoms with Crippen molar-refractivity contribution in [2.75, 3.05) is 46.3 Å². The zero-order valence-electron chi connectivity index (χ0n) is 26.3. The predicted molar refractivity (Wildman–Crippen MR) is 168 cm³/mol. The maximum Gasteiger partial charge on any atom is 0.0667 e. The van der Waals surface area contributed by atoms with Gasteiger partial charge >= 0.3 is 0 Å². The van der Waals surface area contributed by atoms with Crippen molar-refractivity contribution in [3.05, 3.63) is 0 Å². The van der Waals surface area contributed by atoms with E-state index < -0.39 is 0 Å². The minimum absolute atomic E-state index is 0.298. The monoisotopic (exact) mass is 542 g/mol. The number of hydrogen-bond donors (Lipinski definition) is 3. The smallest absolute Gasteiger partial charge is 0.0667 e. The SMILES string of the molecule is CCCCCCCCCCCCC(O)CN(CCN(C)CCN)CC(O)CCCCCCCCCCCC. The van der Waals surface area contributed by atoms with E-state index in [1.54, 1.807) is 0 Å². The molecule has 0 aliphatic rings. The van der Waals surface area contributed by atoms with E-state index in [9.17, 15) is 10.2 Å². The van der Waals surface area contributed by atoms with E-state index in [0.29, 0.717) is 19.6 Å². The van der Waals surface area contributed by atoms with Crippen LogP contribution in [-0.4, -0.2) is 78.5 Å². The van der Waals surface area contributed by atoms with Gasteiger partial charge in [0, 0.05) is 39.3 Å². The molecule has 0 bridgehead atoms. The Balaban J connectivity index is 4.10. The number of aliphatic hydroxyl groups is 2. The third kappa shape index (κ3) is 27.4. The lowest BCUT2D eigenvalue weighted by Crippen LogP contribution is -2.42. The first-order valence-corrected chi connectivity index (χ1v) is 17.0. The van der Waals surface area contributed by atoms with Crippen LogP contribution in [0.3, 0.4) is 0 Å². The van der Waals surface area contributed by atoms with Gasteiger partial charge < -0.3 is 20.8 Å². The highest BCUT2D eigenvalue weighted by molar-refractivity contribution is 4.71. The normalized spacial score (nSPS) is 13.6. The van der Waals surface area contributed by atoms with E-state index in [-0.39, 0.29) is 12.2 Å². The molecule has 0 aromatic heterocycles. The third-order valence-electron chi connectivity index (χ3n) is 8.03. The van der Waals surface area contributed by atoms with E-state index >= 15 is 0 Å². The van der Waals surface area contributed by atoms with Crippen molar-refractivity contribution in [2.45, 2.75) is 167 Å². The summed E-state index contributed by atoms with van der Waals surface area (Å²) in [5, 5.41) is 21.5. The van der Waals surface area contributed by atoms with Crippen LogP contribution in [0.15, 0.2) is 0 Å². The molecular weight excluding hydrogens is 470 g/mol. The fourth-order valence-corrected chi connectivity index (χ4v) is 5.41. The molecule has 0 heterocycles. The van der Waals surface area contributed by atoms with Gasteiger partial charge in [-0.15, -0.1) is 0 Å². The maximum absolute atomic E-state index is 10.7. The van der Waals surface area contributed by atoms with Gasteiger partial charge in [-0.05, 0) is 19.9 Å². The Hall–Kier alpha value is -0.200. The molecule has 0 rings (SSSR count). The van der Waals surface area contributed by atoms with Gasteiger partial charge in [-0.1, -0.05) is 142 Å². The van der Waals surface area contributed by atoms with E-state index in [1.165, 1.54) is 116 Å². The van der Waals surface area contributed by atoms with Crippen LogP contribution in [0.25, 0.3) is 0 Å². The van der Waals surface area contributed by atoms with Crippen molar-refractivity contribution in [1.82, 2.24) is 9.80 Å². The van der Waals surface area contributed by atoms with E-state index in [2.05, 4.69) is 30.7 Å². The lowest BCUT2D eigenvalue weighted by atomic mass is 10.0. The second-order valence-electron chi connectivity index (χ2n) is 12.1. The van der Waals surface area contributed by atoms with Gasteiger partial charge in [-0.2, -0.15) is 0 Å². The zero-order chi connectivity index (χ0) is 28.1. The van der Waals surface area contributed by atoms with Crippen molar-refractivity contribution >= 4 is 0 Å². The van der Waals surface area contributed by atoms with E-state index in [4.69, 9.17) is 5.73 Å². The summed E-state index contributed by atoms with van der Waals surface area (Å²) in [6.45, 7) is 9.24. The maximum atomic E-state index is 10.7. The Morgan fingerprint density at radius 2 is 0.842 bits per heavy atom. The highest BCUT2D eigenvalue weighted by Gasteiger charge is 2.16. The highest BCUT2D eigenvalue weighted by Crippen LogP contribution is 2.14. The van der Waals surface area contributed by atoms with Crippen molar-refractivity contribution in [3.8, 4) is 0 Å². The molecule has 2 atom stereocenters. The van der Waals surface area contributed by atoms with Crippen molar-refractivity contribution in [2.24, 2.45) is 5.73 Å². The standard InChI is InChI=1S/C33H71N3O2/c1-4-6-8-10-12-14-16-18-20-22-24-32(37)30-36(29-28-35(3)27-26-34)31-33(38)25-23-21-19-17-15-13-11-9-7-5-2/h32-33,37-38H,4-31,34H2,1-3H3.